The molecule has 1 aromatic heterocycles. The van der Waals surface area contributed by atoms with Crippen molar-refractivity contribution in [3.8, 4) is 0 Å². The third-order valence-electron chi connectivity index (χ3n) is 4.95. The van der Waals surface area contributed by atoms with E-state index in [9.17, 15) is 14.0 Å². The van der Waals surface area contributed by atoms with E-state index in [1.807, 2.05) is 20.8 Å². The first-order chi connectivity index (χ1) is 12.9. The van der Waals surface area contributed by atoms with Gasteiger partial charge in [0.2, 0.25) is 0 Å². The maximum absolute atomic E-state index is 13.7. The molecule has 1 atom stereocenters. The van der Waals surface area contributed by atoms with Crippen LogP contribution in [0.3, 0.4) is 0 Å². The fourth-order valence-corrected chi connectivity index (χ4v) is 3.55. The van der Waals surface area contributed by atoms with E-state index in [-0.39, 0.29) is 30.0 Å². The molecular weight excluding hydrogens is 347 g/mol. The molecule has 1 aliphatic carbocycles. The van der Waals surface area contributed by atoms with Crippen LogP contribution < -0.4 is 16.0 Å². The number of nitrogens with one attached hydrogen (secondary N) is 4. The van der Waals surface area contributed by atoms with Gasteiger partial charge in [-0.2, -0.15) is 0 Å². The monoisotopic (exact) mass is 372 g/mol. The van der Waals surface area contributed by atoms with Gasteiger partial charge in [0.15, 0.2) is 0 Å². The van der Waals surface area contributed by atoms with E-state index >= 15 is 0 Å². The Morgan fingerprint density at radius 3 is 2.85 bits per heavy atom. The maximum Gasteiger partial charge on any atom is 0.253 e. The SMILES string of the molecule is CCNCCNC(=O)c1c(C)[nH]c(/C=C2\C(=O)NC3=CC=C(F)CC32)c1C. The molecule has 3 rings (SSSR count). The second-order valence-electron chi connectivity index (χ2n) is 6.82. The zero-order valence-corrected chi connectivity index (χ0v) is 15.8. The first-order valence-corrected chi connectivity index (χ1v) is 9.19. The van der Waals surface area contributed by atoms with Gasteiger partial charge in [-0.05, 0) is 44.2 Å². The van der Waals surface area contributed by atoms with Crippen LogP contribution in [0.1, 0.15) is 40.7 Å². The number of likely N-dealkylation sites (N-methyl/N-ethyl adjacent to an activating group) is 1. The molecule has 1 fully saturated rings. The average Bonchev–Trinajstić information content (AvgIpc) is 3.08. The van der Waals surface area contributed by atoms with Crippen LogP contribution in [0.4, 0.5) is 4.39 Å². The zero-order valence-electron chi connectivity index (χ0n) is 15.8. The smallest absolute Gasteiger partial charge is 0.253 e. The maximum atomic E-state index is 13.7. The van der Waals surface area contributed by atoms with Gasteiger partial charge in [0.05, 0.1) is 5.56 Å². The van der Waals surface area contributed by atoms with Crippen LogP contribution in [0.25, 0.3) is 6.08 Å². The van der Waals surface area contributed by atoms with Gasteiger partial charge >= 0.3 is 0 Å². The number of allylic oxidation sites excluding steroid dienone is 4. The Morgan fingerprint density at radius 1 is 1.33 bits per heavy atom. The van der Waals surface area contributed by atoms with Crippen LogP contribution in [0.5, 0.6) is 0 Å². The Labute approximate surface area is 158 Å². The first kappa shape index (κ1) is 19.1. The van der Waals surface area contributed by atoms with Gasteiger partial charge in [0, 0.05) is 48.1 Å². The number of carbonyl (C=O) groups is 2. The number of amides is 2. The van der Waals surface area contributed by atoms with Crippen molar-refractivity contribution in [2.24, 2.45) is 5.92 Å². The van der Waals surface area contributed by atoms with Crippen LogP contribution in [-0.4, -0.2) is 36.4 Å². The standard InChI is InChI=1S/C20H25FN4O2/c1-4-22-7-8-23-20(27)18-11(2)17(24-12(18)3)10-15-14-9-13(21)5-6-16(14)25-19(15)26/h5-6,10,14,22,24H,4,7-9H2,1-3H3,(H,23,27)(H,25,26)/b15-10-. The molecule has 0 saturated carbocycles. The Kier molecular flexibility index (Phi) is 5.60. The molecule has 1 aliphatic heterocycles. The highest BCUT2D eigenvalue weighted by molar-refractivity contribution is 6.04. The summed E-state index contributed by atoms with van der Waals surface area (Å²) in [5, 5.41) is 8.84. The fraction of sp³-hybridized carbons (Fsp3) is 0.400. The number of hydrogen-bond acceptors (Lipinski definition) is 3. The second-order valence-corrected chi connectivity index (χ2v) is 6.82. The Hall–Kier alpha value is -2.67. The number of aromatic amines is 1. The lowest BCUT2D eigenvalue weighted by Gasteiger charge is -2.13. The minimum atomic E-state index is -0.303. The number of aromatic nitrogens is 1. The molecule has 1 saturated heterocycles. The van der Waals surface area contributed by atoms with Crippen molar-refractivity contribution >= 4 is 17.9 Å². The fourth-order valence-electron chi connectivity index (χ4n) is 3.55. The topological polar surface area (TPSA) is 86.0 Å². The Morgan fingerprint density at radius 2 is 2.11 bits per heavy atom. The zero-order chi connectivity index (χ0) is 19.6. The lowest BCUT2D eigenvalue weighted by atomic mass is 9.91. The van der Waals surface area contributed by atoms with Crippen molar-refractivity contribution in [2.75, 3.05) is 19.6 Å². The average molecular weight is 372 g/mol. The molecule has 4 N–H and O–H groups in total. The molecule has 27 heavy (non-hydrogen) atoms. The summed E-state index contributed by atoms with van der Waals surface area (Å²) in [6.45, 7) is 7.79. The van der Waals surface area contributed by atoms with Crippen molar-refractivity contribution < 1.29 is 14.0 Å². The third-order valence-corrected chi connectivity index (χ3v) is 4.95. The van der Waals surface area contributed by atoms with Crippen LogP contribution in [0, 0.1) is 19.8 Å². The summed E-state index contributed by atoms with van der Waals surface area (Å²) >= 11 is 0. The molecule has 0 radical (unpaired) electrons. The molecular formula is C20H25FN4O2. The highest BCUT2D eigenvalue weighted by Gasteiger charge is 2.35. The summed E-state index contributed by atoms with van der Waals surface area (Å²) < 4.78 is 13.7. The van der Waals surface area contributed by atoms with Gasteiger partial charge < -0.3 is 20.9 Å². The normalized spacial score (nSPS) is 20.2. The van der Waals surface area contributed by atoms with Gasteiger partial charge in [-0.15, -0.1) is 0 Å². The summed E-state index contributed by atoms with van der Waals surface area (Å²) in [6, 6.07) is 0. The van der Waals surface area contributed by atoms with Crippen molar-refractivity contribution in [3.63, 3.8) is 0 Å². The Bertz CT molecular complexity index is 864. The van der Waals surface area contributed by atoms with Crippen molar-refractivity contribution in [2.45, 2.75) is 27.2 Å². The number of carbonyl (C=O) groups excluding carboxylic acids is 2. The highest BCUT2D eigenvalue weighted by Crippen LogP contribution is 2.36. The van der Waals surface area contributed by atoms with Crippen LogP contribution in [0.2, 0.25) is 0 Å². The van der Waals surface area contributed by atoms with E-state index in [0.29, 0.717) is 29.9 Å². The van der Waals surface area contributed by atoms with E-state index in [1.54, 1.807) is 12.2 Å². The van der Waals surface area contributed by atoms with Crippen molar-refractivity contribution in [3.05, 3.63) is 51.8 Å². The molecule has 0 spiro atoms. The summed E-state index contributed by atoms with van der Waals surface area (Å²) in [5.74, 6) is -0.918. The number of rotatable bonds is 6. The molecule has 7 heteroatoms. The summed E-state index contributed by atoms with van der Waals surface area (Å²) in [7, 11) is 0. The van der Waals surface area contributed by atoms with E-state index in [4.69, 9.17) is 0 Å². The summed E-state index contributed by atoms with van der Waals surface area (Å²) in [4.78, 5) is 28.0. The number of hydrogen-bond donors (Lipinski definition) is 4. The molecule has 1 unspecified atom stereocenters. The van der Waals surface area contributed by atoms with E-state index in [0.717, 1.165) is 23.5 Å². The van der Waals surface area contributed by atoms with Crippen molar-refractivity contribution in [1.29, 1.82) is 0 Å². The van der Waals surface area contributed by atoms with Gasteiger partial charge in [-0.1, -0.05) is 6.92 Å². The van der Waals surface area contributed by atoms with E-state index in [1.165, 1.54) is 6.08 Å². The van der Waals surface area contributed by atoms with E-state index in [2.05, 4.69) is 20.9 Å². The lowest BCUT2D eigenvalue weighted by Crippen LogP contribution is -2.32. The highest BCUT2D eigenvalue weighted by atomic mass is 19.1. The molecule has 0 bridgehead atoms. The molecule has 2 amide bonds. The minimum Gasteiger partial charge on any atom is -0.358 e. The van der Waals surface area contributed by atoms with Crippen LogP contribution in [0.15, 0.2) is 29.2 Å². The summed E-state index contributed by atoms with van der Waals surface area (Å²) in [6.07, 6.45) is 4.90. The van der Waals surface area contributed by atoms with Gasteiger partial charge in [-0.3, -0.25) is 9.59 Å². The molecule has 0 aromatic carbocycles. The molecule has 1 aromatic rings. The molecule has 2 aliphatic rings. The third kappa shape index (κ3) is 3.88. The minimum absolute atomic E-state index is 0.146. The van der Waals surface area contributed by atoms with Gasteiger partial charge in [-0.25, -0.2) is 4.39 Å². The number of aryl methyl sites for hydroxylation is 1. The molecule has 6 nitrogen and oxygen atoms in total. The number of fused-ring (bicyclic) bond motifs is 1. The van der Waals surface area contributed by atoms with Crippen LogP contribution in [-0.2, 0) is 4.79 Å². The molecule has 144 valence electrons. The van der Waals surface area contributed by atoms with Crippen molar-refractivity contribution in [1.82, 2.24) is 20.9 Å². The van der Waals surface area contributed by atoms with Gasteiger partial charge in [0.1, 0.15) is 5.83 Å². The Balaban J connectivity index is 1.83. The predicted molar refractivity (Wildman–Crippen MR) is 103 cm³/mol. The van der Waals surface area contributed by atoms with E-state index < -0.39 is 0 Å². The second kappa shape index (κ2) is 7.92. The molecule has 2 heterocycles. The van der Waals surface area contributed by atoms with Crippen LogP contribution >= 0.6 is 0 Å². The predicted octanol–water partition coefficient (Wildman–Crippen LogP) is 2.24. The largest absolute Gasteiger partial charge is 0.358 e. The van der Waals surface area contributed by atoms with Gasteiger partial charge in [0.25, 0.3) is 11.8 Å². The number of halogens is 1. The summed E-state index contributed by atoms with van der Waals surface area (Å²) in [5.41, 5.74) is 4.03. The quantitative estimate of drug-likeness (QED) is 0.456. The number of H-pyrrole nitrogens is 1. The lowest BCUT2D eigenvalue weighted by molar-refractivity contribution is -0.115. The first-order valence-electron chi connectivity index (χ1n) is 9.19.